The highest BCUT2D eigenvalue weighted by Crippen LogP contribution is 2.41. The molecule has 0 saturated heterocycles. The second kappa shape index (κ2) is 28.3. The van der Waals surface area contributed by atoms with Gasteiger partial charge in [0.25, 0.3) is 0 Å². The van der Waals surface area contributed by atoms with E-state index >= 15 is 0 Å². The fourth-order valence-electron chi connectivity index (χ4n) is 14.0. The summed E-state index contributed by atoms with van der Waals surface area (Å²) >= 11 is 0. The largest absolute Gasteiger partial charge is 0.455 e. The Kier molecular flexibility index (Phi) is 20.1. The molecule has 0 unspecified atom stereocenters. The molecule has 10 aromatic carbocycles. The van der Waals surface area contributed by atoms with Gasteiger partial charge in [-0.2, -0.15) is 0 Å². The van der Waals surface area contributed by atoms with Gasteiger partial charge in [0.1, 0.15) is 55.8 Å². The third-order valence-corrected chi connectivity index (χ3v) is 21.4. The van der Waals surface area contributed by atoms with Gasteiger partial charge in [-0.3, -0.25) is 0 Å². The molecule has 0 aliphatic heterocycles. The third kappa shape index (κ3) is 12.7. The fourth-order valence-corrected chi connectivity index (χ4v) is 14.0. The summed E-state index contributed by atoms with van der Waals surface area (Å²) in [4.78, 5) is 0. The maximum Gasteiger partial charge on any atom is 0.138 e. The van der Waals surface area contributed by atoms with E-state index in [1.807, 2.05) is 0 Å². The van der Waals surface area contributed by atoms with Crippen LogP contribution in [0.4, 0.5) is 0 Å². The first-order valence-electron chi connectivity index (χ1n) is 35.1. The normalized spacial score (nSPS) is 11.6. The molecule has 0 atom stereocenters. The standard InChI is InChI=1S/C20H24O.C19H22O.C18H20O.C17H18O.C16H16O/c1-5-6-7-8-16-10-12-18-17-11-9-13(2)14(3)19(17)21-20(18)15(16)4;1-5-6-7-15-9-11-17-16-10-8-12(2)13(3)18(16)20-19(17)14(15)4;1-5-6-14-8-10-16-15-9-7-11(2)12(3)17(15)19-18(16)13(14)4;1-5-13-7-9-15-14-8-6-10(2)11(3)16(14)18-17(15)12(13)4;1-9-5-7-13-14-8-6-10(2)12(4)16(14)17-15(13)11(9)3/h9-12H,5-8H2,1-4H3;8-11H,5-7H2,1-4H3;7-10H,5-6H2,1-4H3;6-9H,5H2,1-4H3;5-8H,1-4H3. The van der Waals surface area contributed by atoms with E-state index in [-0.39, 0.29) is 0 Å². The first-order chi connectivity index (χ1) is 45.6. The van der Waals surface area contributed by atoms with Crippen molar-refractivity contribution < 1.29 is 22.1 Å². The maximum atomic E-state index is 6.24. The van der Waals surface area contributed by atoms with Crippen molar-refractivity contribution in [1.29, 1.82) is 0 Å². The molecule has 0 spiro atoms. The number of unbranched alkanes of at least 4 members (excludes halogenated alkanes) is 3. The van der Waals surface area contributed by atoms with Gasteiger partial charge >= 0.3 is 0 Å². The average molecular weight is 1260 g/mol. The fraction of sp³-hybridized carbons (Fsp3) is 0.333. The van der Waals surface area contributed by atoms with Crippen LogP contribution < -0.4 is 0 Å². The van der Waals surface area contributed by atoms with Crippen molar-refractivity contribution in [3.8, 4) is 0 Å². The minimum Gasteiger partial charge on any atom is -0.455 e. The number of hydrogen-bond acceptors (Lipinski definition) is 5. The van der Waals surface area contributed by atoms with Gasteiger partial charge in [0.15, 0.2) is 0 Å². The topological polar surface area (TPSA) is 65.7 Å². The molecular formula is C90H100O5. The van der Waals surface area contributed by atoms with Crippen LogP contribution in [0.5, 0.6) is 0 Å². The lowest BCUT2D eigenvalue weighted by molar-refractivity contribution is 0.659. The van der Waals surface area contributed by atoms with E-state index in [0.29, 0.717) is 0 Å². The van der Waals surface area contributed by atoms with Gasteiger partial charge in [-0.15, -0.1) is 0 Å². The summed E-state index contributed by atoms with van der Waals surface area (Å²) in [5.41, 5.74) is 36.6. The summed E-state index contributed by atoms with van der Waals surface area (Å²) in [6.45, 7) is 43.3. The Labute approximate surface area is 563 Å². The van der Waals surface area contributed by atoms with Gasteiger partial charge in [0.2, 0.25) is 0 Å². The molecule has 0 fully saturated rings. The molecule has 15 aromatic rings. The molecule has 5 nitrogen and oxygen atoms in total. The molecule has 0 saturated carbocycles. The number of furan rings is 5. The molecule has 15 rings (SSSR count). The summed E-state index contributed by atoms with van der Waals surface area (Å²) in [7, 11) is 0. The smallest absolute Gasteiger partial charge is 0.138 e. The minimum absolute atomic E-state index is 1.04. The lowest BCUT2D eigenvalue weighted by Gasteiger charge is -2.05. The van der Waals surface area contributed by atoms with Gasteiger partial charge in [-0.25, -0.2) is 0 Å². The summed E-state index contributed by atoms with van der Waals surface area (Å²) in [6.07, 6.45) is 12.0. The summed E-state index contributed by atoms with van der Waals surface area (Å²) < 4.78 is 30.9. The highest BCUT2D eigenvalue weighted by atomic mass is 16.3. The number of rotatable bonds is 10. The first-order valence-corrected chi connectivity index (χ1v) is 35.1. The van der Waals surface area contributed by atoms with Crippen molar-refractivity contribution in [3.63, 3.8) is 0 Å². The van der Waals surface area contributed by atoms with Crippen molar-refractivity contribution in [2.45, 2.75) is 203 Å². The number of fused-ring (bicyclic) bond motifs is 15. The van der Waals surface area contributed by atoms with Crippen LogP contribution >= 0.6 is 0 Å². The van der Waals surface area contributed by atoms with Gasteiger partial charge in [0, 0.05) is 53.9 Å². The summed E-state index contributed by atoms with van der Waals surface area (Å²) in [5, 5.41) is 12.4. The number of aryl methyl sites for hydroxylation is 20. The summed E-state index contributed by atoms with van der Waals surface area (Å²) in [5.74, 6) is 0. The monoisotopic (exact) mass is 1260 g/mol. The van der Waals surface area contributed by atoms with Gasteiger partial charge < -0.3 is 22.1 Å². The van der Waals surface area contributed by atoms with Crippen LogP contribution in [0.2, 0.25) is 0 Å². The van der Waals surface area contributed by atoms with Crippen molar-refractivity contribution >= 4 is 110 Å². The van der Waals surface area contributed by atoms with Crippen LogP contribution in [0.25, 0.3) is 110 Å². The Morgan fingerprint density at radius 2 is 0.389 bits per heavy atom. The highest BCUT2D eigenvalue weighted by Gasteiger charge is 2.19. The molecule has 95 heavy (non-hydrogen) atoms. The number of benzene rings is 10. The molecule has 0 bridgehead atoms. The van der Waals surface area contributed by atoms with Crippen LogP contribution in [-0.2, 0) is 25.7 Å². The quantitative estimate of drug-likeness (QED) is 0.128. The summed E-state index contributed by atoms with van der Waals surface area (Å²) in [6, 6.07) is 44.1. The van der Waals surface area contributed by atoms with Crippen LogP contribution in [0, 0.1) is 111 Å². The first kappa shape index (κ1) is 67.6. The molecule has 5 heteroatoms. The molecule has 5 aromatic heterocycles. The van der Waals surface area contributed by atoms with Crippen molar-refractivity contribution in [3.05, 3.63) is 233 Å². The van der Waals surface area contributed by atoms with Gasteiger partial charge in [-0.05, 0) is 261 Å². The highest BCUT2D eigenvalue weighted by molar-refractivity contribution is 6.11. The third-order valence-electron chi connectivity index (χ3n) is 21.4. The molecule has 0 radical (unpaired) electrons. The predicted octanol–water partition coefficient (Wildman–Crippen LogP) is 27.5. The lowest BCUT2D eigenvalue weighted by Crippen LogP contribution is -1.90. The van der Waals surface area contributed by atoms with Crippen molar-refractivity contribution in [2.75, 3.05) is 0 Å². The SMILES string of the molecule is CCCCCc1ccc2c(oc3c(C)c(C)ccc32)c1C.CCCCc1ccc2c(oc3c(C)c(C)ccc32)c1C.CCCc1ccc2c(oc3c(C)c(C)ccc32)c1C.CCc1ccc2c(oc3c(C)c(C)ccc32)c1C.Cc1ccc2c(oc3c(C)c(C)ccc32)c1C. The Morgan fingerprint density at radius 3 is 0.621 bits per heavy atom. The molecule has 490 valence electrons. The zero-order chi connectivity index (χ0) is 67.8. The molecule has 5 heterocycles. The van der Waals surface area contributed by atoms with Crippen molar-refractivity contribution in [2.24, 2.45) is 0 Å². The Bertz CT molecular complexity index is 5300. The van der Waals surface area contributed by atoms with Crippen LogP contribution in [0.1, 0.15) is 177 Å². The molecular weight excluding hydrogens is 1160 g/mol. The molecule has 0 aliphatic rings. The molecule has 0 N–H and O–H groups in total. The van der Waals surface area contributed by atoms with Gasteiger partial charge in [-0.1, -0.05) is 175 Å². The van der Waals surface area contributed by atoms with Crippen molar-refractivity contribution in [1.82, 2.24) is 0 Å². The van der Waals surface area contributed by atoms with Crippen LogP contribution in [0.3, 0.4) is 0 Å². The van der Waals surface area contributed by atoms with E-state index in [1.165, 1.54) is 204 Å². The van der Waals surface area contributed by atoms with E-state index in [4.69, 9.17) is 22.1 Å². The van der Waals surface area contributed by atoms with E-state index in [2.05, 4.69) is 260 Å². The second-order valence-electron chi connectivity index (χ2n) is 27.4. The average Bonchev–Trinajstić information content (AvgIpc) is 1.66. The molecule has 0 amide bonds. The van der Waals surface area contributed by atoms with Gasteiger partial charge in [0.05, 0.1) is 0 Å². The second-order valence-corrected chi connectivity index (χ2v) is 27.4. The van der Waals surface area contributed by atoms with Crippen LogP contribution in [-0.4, -0.2) is 0 Å². The van der Waals surface area contributed by atoms with E-state index < -0.39 is 0 Å². The Hall–Kier alpha value is -8.80. The Morgan fingerprint density at radius 1 is 0.189 bits per heavy atom. The van der Waals surface area contributed by atoms with Crippen LogP contribution in [0.15, 0.2) is 143 Å². The predicted molar refractivity (Wildman–Crippen MR) is 410 cm³/mol. The van der Waals surface area contributed by atoms with E-state index in [0.717, 1.165) is 81.5 Å². The van der Waals surface area contributed by atoms with E-state index in [9.17, 15) is 0 Å². The number of hydrogen-bond donors (Lipinski definition) is 0. The van der Waals surface area contributed by atoms with E-state index in [1.54, 1.807) is 0 Å². The zero-order valence-corrected chi connectivity index (χ0v) is 60.7. The maximum absolute atomic E-state index is 6.24. The lowest BCUT2D eigenvalue weighted by atomic mass is 9.99. The minimum atomic E-state index is 1.04. The molecule has 0 aliphatic carbocycles. The zero-order valence-electron chi connectivity index (χ0n) is 60.7. The Balaban J connectivity index is 0.000000121.